The van der Waals surface area contributed by atoms with E-state index in [0.29, 0.717) is 23.8 Å². The Hall–Kier alpha value is -0.570. The Kier molecular flexibility index (Phi) is 8.31. The van der Waals surface area contributed by atoms with Gasteiger partial charge in [-0.3, -0.25) is 4.79 Å². The maximum Gasteiger partial charge on any atom is 0.226 e. The molecule has 3 heteroatoms. The van der Waals surface area contributed by atoms with Gasteiger partial charge in [-0.2, -0.15) is 0 Å². The van der Waals surface area contributed by atoms with Gasteiger partial charge in [0.2, 0.25) is 5.91 Å². The van der Waals surface area contributed by atoms with Crippen molar-refractivity contribution in [3.8, 4) is 0 Å². The van der Waals surface area contributed by atoms with Crippen LogP contribution in [-0.2, 0) is 9.53 Å². The van der Waals surface area contributed by atoms with Gasteiger partial charge >= 0.3 is 0 Å². The molecular weight excluding hydrogens is 262 g/mol. The number of carbonyl (C=O) groups excluding carboxylic acids is 1. The first-order valence-corrected chi connectivity index (χ1v) is 8.94. The summed E-state index contributed by atoms with van der Waals surface area (Å²) < 4.78 is 5.65. The van der Waals surface area contributed by atoms with E-state index in [9.17, 15) is 4.79 Å². The van der Waals surface area contributed by atoms with Crippen molar-refractivity contribution in [1.82, 2.24) is 4.90 Å². The van der Waals surface area contributed by atoms with Gasteiger partial charge < -0.3 is 9.64 Å². The molecule has 1 aliphatic heterocycles. The smallest absolute Gasteiger partial charge is 0.226 e. The van der Waals surface area contributed by atoms with E-state index in [4.69, 9.17) is 4.74 Å². The highest BCUT2D eigenvalue weighted by molar-refractivity contribution is 5.79. The van der Waals surface area contributed by atoms with Gasteiger partial charge in [0.15, 0.2) is 0 Å². The number of carbonyl (C=O) groups is 1. The third kappa shape index (κ3) is 4.98. The van der Waals surface area contributed by atoms with Crippen LogP contribution in [0.2, 0.25) is 0 Å². The average molecular weight is 297 g/mol. The Labute approximate surface area is 131 Å². The maximum atomic E-state index is 13.2. The van der Waals surface area contributed by atoms with Crippen molar-refractivity contribution in [3.63, 3.8) is 0 Å². The number of nitrogens with zero attached hydrogens (tertiary/aromatic N) is 1. The van der Waals surface area contributed by atoms with Gasteiger partial charge in [-0.05, 0) is 43.9 Å². The first-order chi connectivity index (χ1) is 10.1. The van der Waals surface area contributed by atoms with E-state index < -0.39 is 0 Å². The van der Waals surface area contributed by atoms with Gasteiger partial charge in [0.05, 0.1) is 6.61 Å². The average Bonchev–Trinajstić information content (AvgIpc) is 2.48. The van der Waals surface area contributed by atoms with Gasteiger partial charge in [-0.15, -0.1) is 0 Å². The van der Waals surface area contributed by atoms with E-state index >= 15 is 0 Å². The predicted molar refractivity (Wildman–Crippen MR) is 88.2 cm³/mol. The molecule has 0 aliphatic carbocycles. The van der Waals surface area contributed by atoms with Crippen LogP contribution in [0.25, 0.3) is 0 Å². The Morgan fingerprint density at radius 2 is 1.90 bits per heavy atom. The molecule has 21 heavy (non-hydrogen) atoms. The van der Waals surface area contributed by atoms with Gasteiger partial charge in [-0.1, -0.05) is 34.6 Å². The molecule has 1 heterocycles. The molecule has 1 rings (SSSR count). The van der Waals surface area contributed by atoms with Crippen LogP contribution < -0.4 is 0 Å². The van der Waals surface area contributed by atoms with Crippen LogP contribution in [0.15, 0.2) is 0 Å². The van der Waals surface area contributed by atoms with E-state index in [2.05, 4.69) is 39.5 Å². The summed E-state index contributed by atoms with van der Waals surface area (Å²) in [6.45, 7) is 13.4. The molecule has 0 aromatic carbocycles. The fraction of sp³-hybridized carbons (Fsp3) is 0.944. The van der Waals surface area contributed by atoms with Crippen molar-refractivity contribution in [1.29, 1.82) is 0 Å². The third-order valence-corrected chi connectivity index (χ3v) is 4.84. The maximum absolute atomic E-state index is 13.2. The number of hydrogen-bond donors (Lipinski definition) is 0. The van der Waals surface area contributed by atoms with Gasteiger partial charge in [-0.25, -0.2) is 0 Å². The van der Waals surface area contributed by atoms with Crippen molar-refractivity contribution < 1.29 is 9.53 Å². The fourth-order valence-corrected chi connectivity index (χ4v) is 3.71. The van der Waals surface area contributed by atoms with Gasteiger partial charge in [0.1, 0.15) is 0 Å². The van der Waals surface area contributed by atoms with Crippen molar-refractivity contribution in [3.05, 3.63) is 0 Å². The van der Waals surface area contributed by atoms with E-state index in [0.717, 1.165) is 51.9 Å². The molecule has 1 saturated heterocycles. The van der Waals surface area contributed by atoms with Crippen molar-refractivity contribution >= 4 is 5.91 Å². The Morgan fingerprint density at radius 1 is 1.24 bits per heavy atom. The highest BCUT2D eigenvalue weighted by atomic mass is 16.5. The summed E-state index contributed by atoms with van der Waals surface area (Å²) in [5, 5.41) is 0. The lowest BCUT2D eigenvalue weighted by atomic mass is 9.79. The zero-order valence-corrected chi connectivity index (χ0v) is 14.7. The summed E-state index contributed by atoms with van der Waals surface area (Å²) in [5.41, 5.74) is 0. The molecule has 0 bridgehead atoms. The Balaban J connectivity index is 2.89. The molecular formula is C18H35NO2. The topological polar surface area (TPSA) is 29.5 Å². The third-order valence-electron chi connectivity index (χ3n) is 4.84. The molecule has 0 radical (unpaired) electrons. The summed E-state index contributed by atoms with van der Waals surface area (Å²) in [4.78, 5) is 15.4. The molecule has 2 unspecified atom stereocenters. The largest absolute Gasteiger partial charge is 0.381 e. The van der Waals surface area contributed by atoms with Crippen LogP contribution in [0.4, 0.5) is 0 Å². The van der Waals surface area contributed by atoms with Crippen LogP contribution in [0.3, 0.4) is 0 Å². The van der Waals surface area contributed by atoms with Crippen molar-refractivity contribution in [2.45, 2.75) is 72.8 Å². The van der Waals surface area contributed by atoms with Crippen LogP contribution >= 0.6 is 0 Å². The molecule has 0 saturated carbocycles. The van der Waals surface area contributed by atoms with Crippen LogP contribution in [0.5, 0.6) is 0 Å². The highest BCUT2D eigenvalue weighted by Gasteiger charge is 2.36. The summed E-state index contributed by atoms with van der Waals surface area (Å²) in [7, 11) is 0. The first kappa shape index (κ1) is 18.5. The Bertz CT molecular complexity index is 294. The lowest BCUT2D eigenvalue weighted by Crippen LogP contribution is -2.48. The SMILES string of the molecule is CCCN(C(=O)C(C(C)C)C1CCCOC1)C(CC)CC. The molecule has 0 aromatic rings. The summed E-state index contributed by atoms with van der Waals surface area (Å²) >= 11 is 0. The molecule has 0 spiro atoms. The van der Waals surface area contributed by atoms with Crippen molar-refractivity contribution in [2.24, 2.45) is 17.8 Å². The van der Waals surface area contributed by atoms with E-state index in [1.165, 1.54) is 0 Å². The molecule has 0 N–H and O–H groups in total. The summed E-state index contributed by atoms with van der Waals surface area (Å²) in [6, 6.07) is 0.392. The van der Waals surface area contributed by atoms with Crippen LogP contribution in [-0.4, -0.2) is 36.6 Å². The van der Waals surface area contributed by atoms with Crippen molar-refractivity contribution in [2.75, 3.05) is 19.8 Å². The second kappa shape index (κ2) is 9.45. The zero-order chi connectivity index (χ0) is 15.8. The fourth-order valence-electron chi connectivity index (χ4n) is 3.71. The molecule has 124 valence electrons. The molecule has 1 fully saturated rings. The predicted octanol–water partition coefficient (Wildman–Crippen LogP) is 4.11. The Morgan fingerprint density at radius 3 is 2.33 bits per heavy atom. The molecule has 3 nitrogen and oxygen atoms in total. The number of amides is 1. The monoisotopic (exact) mass is 297 g/mol. The van der Waals surface area contributed by atoms with E-state index in [1.54, 1.807) is 0 Å². The molecule has 1 amide bonds. The summed E-state index contributed by atoms with van der Waals surface area (Å²) in [5.74, 6) is 1.28. The van der Waals surface area contributed by atoms with Crippen LogP contribution in [0, 0.1) is 17.8 Å². The molecule has 0 aromatic heterocycles. The standard InChI is InChI=1S/C18H35NO2/c1-6-11-19(16(7-2)8-3)18(20)17(14(4)5)15-10-9-12-21-13-15/h14-17H,6-13H2,1-5H3. The zero-order valence-electron chi connectivity index (χ0n) is 14.7. The summed E-state index contributed by atoms with van der Waals surface area (Å²) in [6.07, 6.45) is 5.37. The van der Waals surface area contributed by atoms with Crippen LogP contribution in [0.1, 0.15) is 66.7 Å². The highest BCUT2D eigenvalue weighted by Crippen LogP contribution is 2.31. The van der Waals surface area contributed by atoms with E-state index in [1.807, 2.05) is 0 Å². The molecule has 1 aliphatic rings. The molecule has 2 atom stereocenters. The second-order valence-corrected chi connectivity index (χ2v) is 6.75. The van der Waals surface area contributed by atoms with Gasteiger partial charge in [0, 0.05) is 25.1 Å². The lowest BCUT2D eigenvalue weighted by Gasteiger charge is -2.38. The number of rotatable bonds is 8. The normalized spacial score (nSPS) is 20.8. The van der Waals surface area contributed by atoms with E-state index in [-0.39, 0.29) is 5.92 Å². The van der Waals surface area contributed by atoms with Gasteiger partial charge in [0.25, 0.3) is 0 Å². The number of hydrogen-bond acceptors (Lipinski definition) is 2. The minimum atomic E-state index is 0.123. The quantitative estimate of drug-likeness (QED) is 0.674. The number of ether oxygens (including phenoxy) is 1. The lowest BCUT2D eigenvalue weighted by molar-refractivity contribution is -0.144. The second-order valence-electron chi connectivity index (χ2n) is 6.75. The minimum Gasteiger partial charge on any atom is -0.381 e. The first-order valence-electron chi connectivity index (χ1n) is 8.94. The minimum absolute atomic E-state index is 0.123.